The molecule has 14 aromatic rings. The topological polar surface area (TPSA) is 302 Å². The molecule has 113 heavy (non-hydrogen) atoms. The quantitative estimate of drug-likeness (QED) is 0.0369. The Kier molecular flexibility index (Phi) is 33.2. The molecule has 0 bridgehead atoms. The average molecular weight is 1970 g/mol. The van der Waals surface area contributed by atoms with Gasteiger partial charge in [0.1, 0.15) is 10.2 Å². The molecule has 1 aliphatic heterocycles. The van der Waals surface area contributed by atoms with Gasteiger partial charge < -0.3 is 19.0 Å². The molecule has 0 unspecified atom stereocenters. The lowest BCUT2D eigenvalue weighted by Gasteiger charge is -2.18. The van der Waals surface area contributed by atoms with Gasteiger partial charge in [-0.1, -0.05) is 210 Å². The minimum atomic E-state index is -0.521. The van der Waals surface area contributed by atoms with Crippen molar-refractivity contribution in [1.82, 2.24) is 4.57 Å². The zero-order valence-electron chi connectivity index (χ0n) is 59.1. The Labute approximate surface area is 705 Å². The number of para-hydroxylation sites is 4. The molecule has 569 valence electrons. The molecular weight excluding hydrogens is 1900 g/mol. The molecule has 1 radical (unpaired) electrons. The van der Waals surface area contributed by atoms with E-state index in [1.807, 2.05) is 132 Å². The predicted octanol–water partition coefficient (Wildman–Crippen LogP) is 23.5. The summed E-state index contributed by atoms with van der Waals surface area (Å²) in [5, 5.41) is 79.0. The standard InChI is InChI=1S/C18H11BrN2O2.C18H15P.C13H8BrNO2.C12H7BrN2O4.C6H4BBrNO4.C6H5Br.C6H4INO2.C4H8O/c19-17-16(21(22)23)11-10-14-13-8-4-5-9-15(13)20(18(14)17)12-6-2-1-3-7-12;1-4-10-16(11-5-1)19(17-12-6-2-7-13-17)18-14-8-3-9-15-18;14-13-11-7-8-3-1-2-4-9(8)10(11)5-6-12(13)15(16)17;13-10-7-8(5-6-12(10)15(18)19)9-3-1-2-4-11(9)14(16)17;8-5-3-4(13-7-10)1-2-6(5)9(11)12;7-6-4-2-1-3-5-6;7-5-3-1-2-4-6(5)8(9)10;1-2-4-5-3-1/h1-11H;1-15H;1-6H,7H2;1-7H;1-3,10H;1-5H;1-4H;1-4H2. The maximum atomic E-state index is 11.3. The number of benzene rings is 13. The van der Waals surface area contributed by atoms with Gasteiger partial charge in [0.2, 0.25) is 0 Å². The summed E-state index contributed by atoms with van der Waals surface area (Å²) in [5.74, 6) is 0.319. The monoisotopic (exact) mass is 1960 g/mol. The molecule has 2 heterocycles. The predicted molar refractivity (Wildman–Crippen MR) is 472 cm³/mol. The van der Waals surface area contributed by atoms with Gasteiger partial charge in [0.05, 0.1) is 63.1 Å². The normalized spacial score (nSPS) is 11.1. The molecule has 22 nitrogen and oxygen atoms in total. The van der Waals surface area contributed by atoms with E-state index in [0.717, 1.165) is 62.7 Å². The highest BCUT2D eigenvalue weighted by Crippen LogP contribution is 2.45. The Bertz CT molecular complexity index is 5540. The van der Waals surface area contributed by atoms with Gasteiger partial charge >= 0.3 is 7.69 Å². The van der Waals surface area contributed by atoms with Crippen LogP contribution in [0, 0.1) is 64.3 Å². The van der Waals surface area contributed by atoms with Crippen LogP contribution >= 0.6 is 110 Å². The summed E-state index contributed by atoms with van der Waals surface area (Å²) in [6, 6.07) is 96.3. The summed E-state index contributed by atoms with van der Waals surface area (Å²) in [4.78, 5) is 61.8. The van der Waals surface area contributed by atoms with E-state index in [0.29, 0.717) is 41.5 Å². The Morgan fingerprint density at radius 3 is 1.32 bits per heavy atom. The van der Waals surface area contributed by atoms with E-state index in [2.05, 4.69) is 192 Å². The fraction of sp³-hybridized carbons (Fsp3) is 0.0602. The lowest BCUT2D eigenvalue weighted by Crippen LogP contribution is -2.20. The largest absolute Gasteiger partial charge is 0.569 e. The highest BCUT2D eigenvalue weighted by molar-refractivity contribution is 14.1. The summed E-state index contributed by atoms with van der Waals surface area (Å²) in [6.45, 7) is 2.00. The third kappa shape index (κ3) is 23.7. The van der Waals surface area contributed by atoms with Gasteiger partial charge in [0.15, 0.2) is 0 Å². The number of nitro groups is 6. The second kappa shape index (κ2) is 43.4. The summed E-state index contributed by atoms with van der Waals surface area (Å²) in [5.41, 5.74) is 8.49. The van der Waals surface area contributed by atoms with Gasteiger partial charge in [0, 0.05) is 77.0 Å². The molecule has 30 heteroatoms. The minimum Gasteiger partial charge on any atom is -0.537 e. The zero-order valence-corrected chi connectivity index (χ0v) is 70.0. The number of ether oxygens (including phenoxy) is 1. The van der Waals surface area contributed by atoms with Crippen LogP contribution in [0.25, 0.3) is 49.7 Å². The second-order valence-electron chi connectivity index (χ2n) is 23.7. The van der Waals surface area contributed by atoms with Crippen LogP contribution in [0.15, 0.2) is 332 Å². The van der Waals surface area contributed by atoms with Gasteiger partial charge in [-0.3, -0.25) is 60.7 Å². The van der Waals surface area contributed by atoms with Crippen molar-refractivity contribution in [2.45, 2.75) is 19.3 Å². The molecule has 0 atom stereocenters. The zero-order chi connectivity index (χ0) is 80.9. The molecule has 1 aromatic heterocycles. The van der Waals surface area contributed by atoms with Crippen molar-refractivity contribution in [3.63, 3.8) is 0 Å². The first kappa shape index (κ1) is 86.4. The van der Waals surface area contributed by atoms with Crippen LogP contribution in [0.3, 0.4) is 0 Å². The van der Waals surface area contributed by atoms with E-state index < -0.39 is 22.7 Å². The maximum Gasteiger partial charge on any atom is 0.569 e. The highest BCUT2D eigenvalue weighted by Gasteiger charge is 2.27. The first-order valence-corrected chi connectivity index (χ1v) is 40.3. The first-order chi connectivity index (χ1) is 54.6. The number of rotatable bonds is 13. The van der Waals surface area contributed by atoms with Crippen LogP contribution in [0.1, 0.15) is 24.0 Å². The summed E-state index contributed by atoms with van der Waals surface area (Å²) in [6.07, 6.45) is 3.31. The van der Waals surface area contributed by atoms with E-state index >= 15 is 0 Å². The summed E-state index contributed by atoms with van der Waals surface area (Å²) < 4.78 is 15.1. The molecule has 1 N–H and O–H groups in total. The van der Waals surface area contributed by atoms with Crippen LogP contribution in [0.2, 0.25) is 0 Å². The molecule has 2 aliphatic rings. The number of aromatic nitrogens is 1. The number of hydrogen-bond donors (Lipinski definition) is 1. The van der Waals surface area contributed by atoms with Crippen molar-refractivity contribution in [3.05, 3.63) is 407 Å². The number of halogens is 6. The molecular formula is C83H62BBr5IN7O15P. The van der Waals surface area contributed by atoms with E-state index in [1.54, 1.807) is 48.5 Å². The fourth-order valence-corrected chi connectivity index (χ4v) is 17.0. The Balaban J connectivity index is 0.000000153. The van der Waals surface area contributed by atoms with Crippen molar-refractivity contribution >= 4 is 190 Å². The minimum absolute atomic E-state index is 0.0387. The van der Waals surface area contributed by atoms with Crippen LogP contribution in [-0.4, -0.2) is 60.0 Å². The van der Waals surface area contributed by atoms with Crippen molar-refractivity contribution in [2.24, 2.45) is 0 Å². The second-order valence-corrected chi connectivity index (χ2v) is 31.3. The van der Waals surface area contributed by atoms with Gasteiger partial charge in [-0.25, -0.2) is 0 Å². The molecule has 1 saturated heterocycles. The molecule has 1 fully saturated rings. The van der Waals surface area contributed by atoms with Crippen LogP contribution in [0.4, 0.5) is 34.1 Å². The summed E-state index contributed by atoms with van der Waals surface area (Å²) in [7, 11) is 0.0616. The highest BCUT2D eigenvalue weighted by atomic mass is 127. The molecule has 0 amide bonds. The van der Waals surface area contributed by atoms with Crippen LogP contribution < -0.4 is 20.6 Å². The number of nitro benzene ring substituents is 6. The van der Waals surface area contributed by atoms with E-state index in [9.17, 15) is 60.7 Å². The number of hydrogen-bond acceptors (Lipinski definition) is 15. The van der Waals surface area contributed by atoms with Crippen molar-refractivity contribution in [1.29, 1.82) is 0 Å². The van der Waals surface area contributed by atoms with Crippen molar-refractivity contribution in [2.75, 3.05) is 13.2 Å². The number of fused-ring (bicyclic) bond motifs is 6. The SMILES string of the molecule is Brc1ccccc1.C1CCOC1.O=[N+]([O-])c1ccc(-c2ccccc2[N+](=O)[O-])cc1Br.O=[N+]([O-])c1ccc(O[B]O)cc1Br.O=[N+]([O-])c1ccc2c(c1Br)Cc1ccccc1-2.O=[N+]([O-])c1ccc2c3ccccc3n(-c3ccccc3)c2c1Br.O=[N+]([O-])c1ccccc1I.c1ccc(P(c2ccccc2)c2ccccc2)cc1. The third-order valence-corrected chi connectivity index (χ3v) is 23.4. The lowest BCUT2D eigenvalue weighted by atomic mass is 10.0. The van der Waals surface area contributed by atoms with Crippen molar-refractivity contribution in [3.8, 4) is 33.7 Å². The van der Waals surface area contributed by atoms with Crippen LogP contribution in [0.5, 0.6) is 5.75 Å². The molecule has 16 rings (SSSR count). The van der Waals surface area contributed by atoms with Gasteiger partial charge in [-0.2, -0.15) is 0 Å². The molecule has 1 aliphatic carbocycles. The van der Waals surface area contributed by atoms with Crippen LogP contribution in [-0.2, 0) is 11.2 Å². The molecule has 0 spiro atoms. The van der Waals surface area contributed by atoms with E-state index in [1.165, 1.54) is 88.4 Å². The van der Waals surface area contributed by atoms with E-state index in [-0.39, 0.29) is 53.4 Å². The Hall–Kier alpha value is -10.6. The maximum absolute atomic E-state index is 11.3. The Morgan fingerprint density at radius 1 is 0.407 bits per heavy atom. The summed E-state index contributed by atoms with van der Waals surface area (Å²) >= 11 is 18.1. The van der Waals surface area contributed by atoms with Crippen molar-refractivity contribution < 1.29 is 44.0 Å². The average Bonchev–Trinajstić information content (AvgIpc) is 1.59. The molecule has 0 saturated carbocycles. The number of nitrogens with zero attached hydrogens (tertiary/aromatic N) is 7. The first-order valence-electron chi connectivity index (χ1n) is 33.9. The third-order valence-electron chi connectivity index (χ3n) is 16.6. The van der Waals surface area contributed by atoms with Gasteiger partial charge in [-0.15, -0.1) is 0 Å². The fourth-order valence-electron chi connectivity index (χ4n) is 11.5. The smallest absolute Gasteiger partial charge is 0.537 e. The Morgan fingerprint density at radius 2 is 0.841 bits per heavy atom. The lowest BCUT2D eigenvalue weighted by molar-refractivity contribution is -0.385. The molecule has 13 aromatic carbocycles. The van der Waals surface area contributed by atoms with E-state index in [4.69, 9.17) is 9.76 Å². The van der Waals surface area contributed by atoms with Gasteiger partial charge in [0.25, 0.3) is 34.1 Å². The van der Waals surface area contributed by atoms with Gasteiger partial charge in [-0.05, 0) is 230 Å².